The highest BCUT2D eigenvalue weighted by molar-refractivity contribution is 7.17. The van der Waals surface area contributed by atoms with Gasteiger partial charge in [0.05, 0.1) is 0 Å². The molecule has 0 atom stereocenters. The standard InChI is InChI=1S/C13H11FO2S/c1-7-6-11(13(15)16)17-12(7)9-4-3-5-10(14)8(9)2/h3-6H,1-2H3,(H,15,16). The van der Waals surface area contributed by atoms with Crippen molar-refractivity contribution in [3.8, 4) is 10.4 Å². The minimum atomic E-state index is -0.946. The molecule has 0 aliphatic rings. The van der Waals surface area contributed by atoms with E-state index in [0.717, 1.165) is 16.0 Å². The summed E-state index contributed by atoms with van der Waals surface area (Å²) in [7, 11) is 0. The maximum atomic E-state index is 13.5. The molecular weight excluding hydrogens is 239 g/mol. The minimum absolute atomic E-state index is 0.271. The molecule has 0 aliphatic carbocycles. The lowest BCUT2D eigenvalue weighted by atomic mass is 10.0. The van der Waals surface area contributed by atoms with Gasteiger partial charge in [-0.05, 0) is 42.7 Å². The number of benzene rings is 1. The number of rotatable bonds is 2. The molecule has 4 heteroatoms. The van der Waals surface area contributed by atoms with Gasteiger partial charge in [0.1, 0.15) is 10.7 Å². The Morgan fingerprint density at radius 2 is 2.06 bits per heavy atom. The molecule has 0 fully saturated rings. The van der Waals surface area contributed by atoms with E-state index in [1.54, 1.807) is 19.1 Å². The molecular formula is C13H11FO2S. The van der Waals surface area contributed by atoms with E-state index in [9.17, 15) is 9.18 Å². The van der Waals surface area contributed by atoms with E-state index in [1.165, 1.54) is 17.4 Å². The fourth-order valence-electron chi connectivity index (χ4n) is 1.71. The summed E-state index contributed by atoms with van der Waals surface area (Å²) in [5.41, 5.74) is 2.18. The van der Waals surface area contributed by atoms with Crippen LogP contribution >= 0.6 is 11.3 Å². The average Bonchev–Trinajstić information content (AvgIpc) is 2.65. The van der Waals surface area contributed by atoms with E-state index in [0.29, 0.717) is 5.56 Å². The van der Waals surface area contributed by atoms with E-state index >= 15 is 0 Å². The lowest BCUT2D eigenvalue weighted by Gasteiger charge is -2.05. The molecule has 1 aromatic heterocycles. The van der Waals surface area contributed by atoms with Gasteiger partial charge in [0.2, 0.25) is 0 Å². The molecule has 0 unspecified atom stereocenters. The van der Waals surface area contributed by atoms with Gasteiger partial charge in [0, 0.05) is 4.88 Å². The number of carboxylic acid groups (broad SMARTS) is 1. The molecule has 0 radical (unpaired) electrons. The third kappa shape index (κ3) is 2.08. The van der Waals surface area contributed by atoms with Crippen LogP contribution in [0.25, 0.3) is 10.4 Å². The lowest BCUT2D eigenvalue weighted by molar-refractivity contribution is 0.0702. The Balaban J connectivity index is 2.60. The maximum absolute atomic E-state index is 13.5. The van der Waals surface area contributed by atoms with Crippen molar-refractivity contribution in [3.05, 3.63) is 46.1 Å². The highest BCUT2D eigenvalue weighted by Crippen LogP contribution is 2.34. The van der Waals surface area contributed by atoms with Crippen LogP contribution in [0.4, 0.5) is 4.39 Å². The first-order valence-electron chi connectivity index (χ1n) is 5.10. The van der Waals surface area contributed by atoms with Crippen molar-refractivity contribution in [1.82, 2.24) is 0 Å². The number of carboxylic acids is 1. The Labute approximate surface area is 102 Å². The number of carbonyl (C=O) groups is 1. The molecule has 88 valence electrons. The number of aryl methyl sites for hydroxylation is 1. The molecule has 2 nitrogen and oxygen atoms in total. The number of hydrogen-bond acceptors (Lipinski definition) is 2. The SMILES string of the molecule is Cc1cc(C(=O)O)sc1-c1cccc(F)c1C. The van der Waals surface area contributed by atoms with Crippen molar-refractivity contribution >= 4 is 17.3 Å². The number of aromatic carboxylic acids is 1. The Bertz CT molecular complexity index is 587. The summed E-state index contributed by atoms with van der Waals surface area (Å²) in [5, 5.41) is 8.93. The Morgan fingerprint density at radius 1 is 1.35 bits per heavy atom. The number of thiophene rings is 1. The summed E-state index contributed by atoms with van der Waals surface area (Å²) in [6, 6.07) is 6.46. The molecule has 0 saturated heterocycles. The summed E-state index contributed by atoms with van der Waals surface area (Å²) in [5.74, 6) is -1.22. The van der Waals surface area contributed by atoms with Gasteiger partial charge in [-0.1, -0.05) is 12.1 Å². The second-order valence-electron chi connectivity index (χ2n) is 3.84. The predicted octanol–water partition coefficient (Wildman–Crippen LogP) is 3.87. The van der Waals surface area contributed by atoms with Crippen LogP contribution in [0, 0.1) is 19.7 Å². The van der Waals surface area contributed by atoms with Crippen LogP contribution in [0.2, 0.25) is 0 Å². The molecule has 2 aromatic rings. The van der Waals surface area contributed by atoms with Gasteiger partial charge in [-0.3, -0.25) is 0 Å². The third-order valence-corrected chi connectivity index (χ3v) is 3.90. The summed E-state index contributed by atoms with van der Waals surface area (Å²) in [4.78, 5) is 12.0. The van der Waals surface area contributed by atoms with E-state index in [-0.39, 0.29) is 10.7 Å². The summed E-state index contributed by atoms with van der Waals surface area (Å²) >= 11 is 1.18. The van der Waals surface area contributed by atoms with Gasteiger partial charge >= 0.3 is 5.97 Å². The summed E-state index contributed by atoms with van der Waals surface area (Å²) in [6.45, 7) is 3.53. The van der Waals surface area contributed by atoms with Crippen molar-refractivity contribution in [2.75, 3.05) is 0 Å². The van der Waals surface area contributed by atoms with Gasteiger partial charge in [-0.2, -0.15) is 0 Å². The molecule has 17 heavy (non-hydrogen) atoms. The zero-order chi connectivity index (χ0) is 12.6. The monoisotopic (exact) mass is 250 g/mol. The maximum Gasteiger partial charge on any atom is 0.345 e. The molecule has 1 N–H and O–H groups in total. The van der Waals surface area contributed by atoms with Crippen LogP contribution in [0.3, 0.4) is 0 Å². The lowest BCUT2D eigenvalue weighted by Crippen LogP contribution is -1.89. The van der Waals surface area contributed by atoms with E-state index < -0.39 is 5.97 Å². The normalized spacial score (nSPS) is 10.5. The quantitative estimate of drug-likeness (QED) is 0.878. The molecule has 1 heterocycles. The van der Waals surface area contributed by atoms with Crippen molar-refractivity contribution in [2.45, 2.75) is 13.8 Å². The van der Waals surface area contributed by atoms with Crippen LogP contribution in [0.1, 0.15) is 20.8 Å². The Hall–Kier alpha value is -1.68. The highest BCUT2D eigenvalue weighted by atomic mass is 32.1. The Morgan fingerprint density at radius 3 is 2.65 bits per heavy atom. The second-order valence-corrected chi connectivity index (χ2v) is 4.89. The molecule has 0 saturated carbocycles. The van der Waals surface area contributed by atoms with Gasteiger partial charge in [-0.25, -0.2) is 9.18 Å². The van der Waals surface area contributed by atoms with Crippen LogP contribution < -0.4 is 0 Å². The van der Waals surface area contributed by atoms with Gasteiger partial charge in [0.15, 0.2) is 0 Å². The van der Waals surface area contributed by atoms with E-state index in [4.69, 9.17) is 5.11 Å². The van der Waals surface area contributed by atoms with Crippen molar-refractivity contribution in [2.24, 2.45) is 0 Å². The minimum Gasteiger partial charge on any atom is -0.477 e. The summed E-state index contributed by atoms with van der Waals surface area (Å²) < 4.78 is 13.5. The van der Waals surface area contributed by atoms with Crippen LogP contribution in [0.5, 0.6) is 0 Å². The zero-order valence-electron chi connectivity index (χ0n) is 9.45. The second kappa shape index (κ2) is 4.30. The average molecular weight is 250 g/mol. The number of halogens is 1. The molecule has 0 aliphatic heterocycles. The fraction of sp³-hybridized carbons (Fsp3) is 0.154. The Kier molecular flexibility index (Phi) is 2.98. The van der Waals surface area contributed by atoms with E-state index in [2.05, 4.69) is 0 Å². The molecule has 0 bridgehead atoms. The van der Waals surface area contributed by atoms with Crippen molar-refractivity contribution < 1.29 is 14.3 Å². The first-order valence-corrected chi connectivity index (χ1v) is 5.91. The number of hydrogen-bond donors (Lipinski definition) is 1. The van der Waals surface area contributed by atoms with Gasteiger partial charge < -0.3 is 5.11 Å². The first-order chi connectivity index (χ1) is 8.00. The van der Waals surface area contributed by atoms with Gasteiger partial charge in [0.25, 0.3) is 0 Å². The molecule has 2 rings (SSSR count). The zero-order valence-corrected chi connectivity index (χ0v) is 10.3. The van der Waals surface area contributed by atoms with Crippen LogP contribution in [-0.2, 0) is 0 Å². The third-order valence-electron chi connectivity index (χ3n) is 2.64. The topological polar surface area (TPSA) is 37.3 Å². The summed E-state index contributed by atoms with van der Waals surface area (Å²) in [6.07, 6.45) is 0. The van der Waals surface area contributed by atoms with Crippen LogP contribution in [-0.4, -0.2) is 11.1 Å². The fourth-order valence-corrected chi connectivity index (χ4v) is 2.80. The van der Waals surface area contributed by atoms with E-state index in [1.807, 2.05) is 13.0 Å². The molecule has 0 spiro atoms. The molecule has 0 amide bonds. The largest absolute Gasteiger partial charge is 0.477 e. The highest BCUT2D eigenvalue weighted by Gasteiger charge is 2.15. The van der Waals surface area contributed by atoms with Crippen molar-refractivity contribution in [1.29, 1.82) is 0 Å². The predicted molar refractivity (Wildman–Crippen MR) is 66.1 cm³/mol. The smallest absolute Gasteiger partial charge is 0.345 e. The van der Waals surface area contributed by atoms with Gasteiger partial charge in [-0.15, -0.1) is 11.3 Å². The van der Waals surface area contributed by atoms with Crippen molar-refractivity contribution in [3.63, 3.8) is 0 Å². The van der Waals surface area contributed by atoms with Crippen LogP contribution in [0.15, 0.2) is 24.3 Å². The molecule has 1 aromatic carbocycles. The first kappa shape index (κ1) is 11.8.